The molecule has 1 N–H and O–H groups in total. The van der Waals surface area contributed by atoms with Crippen LogP contribution in [0.1, 0.15) is 25.5 Å². The zero-order valence-corrected chi connectivity index (χ0v) is 12.5. The van der Waals surface area contributed by atoms with E-state index in [9.17, 15) is 4.79 Å². The Hall–Kier alpha value is -2.29. The summed E-state index contributed by atoms with van der Waals surface area (Å²) in [6, 6.07) is 18.8. The molecule has 0 aliphatic carbocycles. The maximum atomic E-state index is 12.4. The molecule has 0 heterocycles. The summed E-state index contributed by atoms with van der Waals surface area (Å²) in [6.45, 7) is 4.48. The van der Waals surface area contributed by atoms with Crippen molar-refractivity contribution >= 4 is 11.7 Å². The molecule has 0 spiro atoms. The summed E-state index contributed by atoms with van der Waals surface area (Å²) in [7, 11) is 0. The van der Waals surface area contributed by atoms with Gasteiger partial charge in [-0.25, -0.2) is 4.79 Å². The second kappa shape index (κ2) is 7.48. The molecule has 0 saturated carbocycles. The quantitative estimate of drug-likeness (QED) is 0.813. The van der Waals surface area contributed by atoms with E-state index < -0.39 is 6.04 Å². The van der Waals surface area contributed by atoms with Gasteiger partial charge in [0.2, 0.25) is 0 Å². The second-order valence-corrected chi connectivity index (χ2v) is 5.38. The Morgan fingerprint density at radius 3 is 2.14 bits per heavy atom. The Labute approximate surface area is 126 Å². The van der Waals surface area contributed by atoms with Crippen LogP contribution in [0, 0.1) is 5.92 Å². The van der Waals surface area contributed by atoms with E-state index in [-0.39, 0.29) is 5.97 Å². The van der Waals surface area contributed by atoms with Crippen molar-refractivity contribution in [3.05, 3.63) is 66.2 Å². The summed E-state index contributed by atoms with van der Waals surface area (Å²) in [5.41, 5.74) is 1.79. The number of hydrogen-bond donors (Lipinski definition) is 1. The summed E-state index contributed by atoms with van der Waals surface area (Å²) in [5, 5.41) is 3.24. The van der Waals surface area contributed by atoms with Crippen molar-refractivity contribution < 1.29 is 9.53 Å². The molecule has 0 aliphatic heterocycles. The van der Waals surface area contributed by atoms with Gasteiger partial charge in [-0.3, -0.25) is 0 Å². The Balaban J connectivity index is 2.16. The molecule has 0 radical (unpaired) electrons. The Kier molecular flexibility index (Phi) is 5.38. The molecule has 0 aliphatic rings. The van der Waals surface area contributed by atoms with E-state index in [4.69, 9.17) is 4.74 Å². The third-order valence-corrected chi connectivity index (χ3v) is 3.01. The number of carbonyl (C=O) groups is 1. The predicted molar refractivity (Wildman–Crippen MR) is 85.0 cm³/mol. The highest BCUT2D eigenvalue weighted by molar-refractivity contribution is 5.81. The number of benzene rings is 2. The first kappa shape index (κ1) is 15.1. The van der Waals surface area contributed by atoms with Gasteiger partial charge in [0.15, 0.2) is 6.04 Å². The molecule has 0 amide bonds. The SMILES string of the molecule is CC(C)COC(=O)[C@H](Nc1ccccc1)c1ccccc1. The Bertz CT molecular complexity index is 552. The van der Waals surface area contributed by atoms with Crippen LogP contribution >= 0.6 is 0 Å². The first-order valence-corrected chi connectivity index (χ1v) is 7.20. The van der Waals surface area contributed by atoms with Crippen LogP contribution in [0.3, 0.4) is 0 Å². The summed E-state index contributed by atoms with van der Waals surface area (Å²) >= 11 is 0. The molecule has 110 valence electrons. The molecule has 2 aromatic rings. The fourth-order valence-corrected chi connectivity index (χ4v) is 1.96. The lowest BCUT2D eigenvalue weighted by atomic mass is 10.1. The summed E-state index contributed by atoms with van der Waals surface area (Å²) < 4.78 is 5.39. The van der Waals surface area contributed by atoms with E-state index in [1.54, 1.807) is 0 Å². The average Bonchev–Trinajstić information content (AvgIpc) is 2.52. The molecule has 0 saturated heterocycles. The van der Waals surface area contributed by atoms with E-state index in [1.165, 1.54) is 0 Å². The van der Waals surface area contributed by atoms with Crippen LogP contribution in [-0.4, -0.2) is 12.6 Å². The number of rotatable bonds is 6. The van der Waals surface area contributed by atoms with Crippen molar-refractivity contribution in [1.29, 1.82) is 0 Å². The van der Waals surface area contributed by atoms with Gasteiger partial charge in [-0.15, -0.1) is 0 Å². The molecule has 0 aromatic heterocycles. The molecule has 0 fully saturated rings. The number of esters is 1. The smallest absolute Gasteiger partial charge is 0.333 e. The van der Waals surface area contributed by atoms with Gasteiger partial charge in [-0.1, -0.05) is 62.4 Å². The molecule has 2 rings (SSSR count). The maximum Gasteiger partial charge on any atom is 0.333 e. The van der Waals surface area contributed by atoms with Crippen LogP contribution in [0.2, 0.25) is 0 Å². The normalized spacial score (nSPS) is 12.0. The summed E-state index contributed by atoms with van der Waals surface area (Å²) in [6.07, 6.45) is 0. The highest BCUT2D eigenvalue weighted by atomic mass is 16.5. The van der Waals surface area contributed by atoms with Gasteiger partial charge in [0.1, 0.15) is 0 Å². The van der Waals surface area contributed by atoms with Gasteiger partial charge in [0.25, 0.3) is 0 Å². The minimum atomic E-state index is -0.493. The lowest BCUT2D eigenvalue weighted by Gasteiger charge is -2.19. The monoisotopic (exact) mass is 283 g/mol. The number of para-hydroxylation sites is 1. The zero-order valence-electron chi connectivity index (χ0n) is 12.5. The van der Waals surface area contributed by atoms with Crippen molar-refractivity contribution in [1.82, 2.24) is 0 Å². The predicted octanol–water partition coefficient (Wildman–Crippen LogP) is 4.04. The average molecular weight is 283 g/mol. The molecule has 21 heavy (non-hydrogen) atoms. The standard InChI is InChI=1S/C18H21NO2/c1-14(2)13-21-18(20)17(15-9-5-3-6-10-15)19-16-11-7-4-8-12-16/h3-12,14,17,19H,13H2,1-2H3/t17-/m1/s1. The van der Waals surface area contributed by atoms with E-state index in [0.717, 1.165) is 11.3 Å². The number of ether oxygens (including phenoxy) is 1. The molecular formula is C18H21NO2. The number of nitrogens with one attached hydrogen (secondary N) is 1. The molecule has 2 aromatic carbocycles. The third-order valence-electron chi connectivity index (χ3n) is 3.01. The number of hydrogen-bond acceptors (Lipinski definition) is 3. The second-order valence-electron chi connectivity index (χ2n) is 5.38. The molecule has 3 heteroatoms. The first-order valence-electron chi connectivity index (χ1n) is 7.20. The lowest BCUT2D eigenvalue weighted by molar-refractivity contribution is -0.145. The minimum Gasteiger partial charge on any atom is -0.464 e. The van der Waals surface area contributed by atoms with Crippen molar-refractivity contribution in [3.63, 3.8) is 0 Å². The van der Waals surface area contributed by atoms with Crippen LogP contribution in [-0.2, 0) is 9.53 Å². The van der Waals surface area contributed by atoms with Gasteiger partial charge in [-0.2, -0.15) is 0 Å². The third kappa shape index (κ3) is 4.63. The highest BCUT2D eigenvalue weighted by Gasteiger charge is 2.22. The topological polar surface area (TPSA) is 38.3 Å². The largest absolute Gasteiger partial charge is 0.464 e. The van der Waals surface area contributed by atoms with Gasteiger partial charge >= 0.3 is 5.97 Å². The van der Waals surface area contributed by atoms with Crippen LogP contribution in [0.5, 0.6) is 0 Å². The Morgan fingerprint density at radius 1 is 1.00 bits per heavy atom. The van der Waals surface area contributed by atoms with Gasteiger partial charge < -0.3 is 10.1 Å². The molecular weight excluding hydrogens is 262 g/mol. The number of anilines is 1. The minimum absolute atomic E-state index is 0.251. The van der Waals surface area contributed by atoms with Crippen LogP contribution in [0.4, 0.5) is 5.69 Å². The van der Waals surface area contributed by atoms with Gasteiger partial charge in [0, 0.05) is 5.69 Å². The Morgan fingerprint density at radius 2 is 1.57 bits per heavy atom. The summed E-state index contributed by atoms with van der Waals surface area (Å²) in [5.74, 6) is 0.0702. The summed E-state index contributed by atoms with van der Waals surface area (Å²) in [4.78, 5) is 12.4. The van der Waals surface area contributed by atoms with Crippen LogP contribution in [0.25, 0.3) is 0 Å². The fourth-order valence-electron chi connectivity index (χ4n) is 1.96. The molecule has 1 atom stereocenters. The van der Waals surface area contributed by atoms with Crippen molar-refractivity contribution in [2.75, 3.05) is 11.9 Å². The highest BCUT2D eigenvalue weighted by Crippen LogP contribution is 2.21. The van der Waals surface area contributed by atoms with E-state index in [1.807, 2.05) is 74.5 Å². The van der Waals surface area contributed by atoms with E-state index in [2.05, 4.69) is 5.32 Å². The molecule has 0 unspecified atom stereocenters. The van der Waals surface area contributed by atoms with E-state index >= 15 is 0 Å². The van der Waals surface area contributed by atoms with Crippen molar-refractivity contribution in [2.24, 2.45) is 5.92 Å². The van der Waals surface area contributed by atoms with Crippen LogP contribution in [0.15, 0.2) is 60.7 Å². The van der Waals surface area contributed by atoms with Crippen molar-refractivity contribution in [2.45, 2.75) is 19.9 Å². The number of carbonyl (C=O) groups excluding carboxylic acids is 1. The van der Waals surface area contributed by atoms with Crippen molar-refractivity contribution in [3.8, 4) is 0 Å². The molecule has 3 nitrogen and oxygen atoms in total. The zero-order chi connectivity index (χ0) is 15.1. The fraction of sp³-hybridized carbons (Fsp3) is 0.278. The van der Waals surface area contributed by atoms with E-state index in [0.29, 0.717) is 12.5 Å². The van der Waals surface area contributed by atoms with Gasteiger partial charge in [-0.05, 0) is 23.6 Å². The lowest BCUT2D eigenvalue weighted by Crippen LogP contribution is -2.24. The van der Waals surface area contributed by atoms with Gasteiger partial charge in [0.05, 0.1) is 6.61 Å². The van der Waals surface area contributed by atoms with Crippen LogP contribution < -0.4 is 5.32 Å². The first-order chi connectivity index (χ1) is 10.2. The maximum absolute atomic E-state index is 12.4. The molecule has 0 bridgehead atoms.